The lowest BCUT2D eigenvalue weighted by Crippen LogP contribution is -2.18. The molecule has 1 saturated heterocycles. The molecule has 0 bridgehead atoms. The third-order valence-electron chi connectivity index (χ3n) is 3.65. The summed E-state index contributed by atoms with van der Waals surface area (Å²) in [7, 11) is 0. The number of hydrogen-bond acceptors (Lipinski definition) is 5. The van der Waals surface area contributed by atoms with Crippen molar-refractivity contribution in [1.82, 2.24) is 9.97 Å². The van der Waals surface area contributed by atoms with Gasteiger partial charge in [0.05, 0.1) is 5.25 Å². The molecule has 1 aromatic heterocycles. The molecule has 0 aromatic carbocycles. The second-order valence-corrected chi connectivity index (χ2v) is 7.49. The minimum atomic E-state index is 0.489. The first-order valence-corrected chi connectivity index (χ1v) is 9.41. The number of fused-ring (bicyclic) bond motifs is 1. The highest BCUT2D eigenvalue weighted by atomic mass is 32.2. The number of aryl methyl sites for hydroxylation is 1. The van der Waals surface area contributed by atoms with Crippen molar-refractivity contribution >= 4 is 29.3 Å². The van der Waals surface area contributed by atoms with Crippen LogP contribution in [0.5, 0.6) is 0 Å². The molecule has 1 atom stereocenters. The molecule has 104 valence electrons. The van der Waals surface area contributed by atoms with Crippen LogP contribution in [0.1, 0.15) is 42.1 Å². The van der Waals surface area contributed by atoms with Gasteiger partial charge in [-0.05, 0) is 32.6 Å². The number of nitrogens with zero attached hydrogens (tertiary/aromatic N) is 2. The summed E-state index contributed by atoms with van der Waals surface area (Å²) in [4.78, 5) is 9.74. The molecular formula is C14H21N3S2. The van der Waals surface area contributed by atoms with Crippen LogP contribution >= 0.6 is 23.5 Å². The Morgan fingerprint density at radius 2 is 2.11 bits per heavy atom. The molecule has 3 rings (SSSR count). The van der Waals surface area contributed by atoms with E-state index in [0.717, 1.165) is 36.8 Å². The van der Waals surface area contributed by atoms with Gasteiger partial charge in [0.1, 0.15) is 11.6 Å². The predicted octanol–water partition coefficient (Wildman–Crippen LogP) is 3.31. The summed E-state index contributed by atoms with van der Waals surface area (Å²) in [5.41, 5.74) is 2.69. The van der Waals surface area contributed by atoms with Crippen LogP contribution in [0.25, 0.3) is 0 Å². The third kappa shape index (κ3) is 3.02. The standard InChI is InChI=1S/C14H21N3S2/c1-2-15-13-10-5-3-4-6-11(10)16-14(17-13)12-9-18-7-8-19-12/h12H,2-9H2,1H3,(H,15,16,17). The smallest absolute Gasteiger partial charge is 0.144 e. The molecular weight excluding hydrogens is 274 g/mol. The van der Waals surface area contributed by atoms with Gasteiger partial charge >= 0.3 is 0 Å². The first kappa shape index (κ1) is 13.6. The fourth-order valence-corrected chi connectivity index (χ4v) is 5.31. The Bertz CT molecular complexity index is 445. The minimum absolute atomic E-state index is 0.489. The van der Waals surface area contributed by atoms with E-state index >= 15 is 0 Å². The van der Waals surface area contributed by atoms with Crippen LogP contribution < -0.4 is 5.32 Å². The highest BCUT2D eigenvalue weighted by Crippen LogP contribution is 2.37. The molecule has 2 heterocycles. The molecule has 1 N–H and O–H groups in total. The van der Waals surface area contributed by atoms with Gasteiger partial charge in [0.2, 0.25) is 0 Å². The lowest BCUT2D eigenvalue weighted by molar-refractivity contribution is 0.655. The van der Waals surface area contributed by atoms with Crippen LogP contribution in [0.4, 0.5) is 5.82 Å². The summed E-state index contributed by atoms with van der Waals surface area (Å²) in [5, 5.41) is 3.94. The van der Waals surface area contributed by atoms with E-state index < -0.39 is 0 Å². The van der Waals surface area contributed by atoms with Gasteiger partial charge in [0, 0.05) is 35.1 Å². The number of nitrogens with one attached hydrogen (secondary N) is 1. The van der Waals surface area contributed by atoms with E-state index in [4.69, 9.17) is 9.97 Å². The van der Waals surface area contributed by atoms with Crippen molar-refractivity contribution in [3.8, 4) is 0 Å². The average molecular weight is 295 g/mol. The van der Waals surface area contributed by atoms with E-state index in [0.29, 0.717) is 5.25 Å². The Balaban J connectivity index is 1.93. The van der Waals surface area contributed by atoms with E-state index in [-0.39, 0.29) is 0 Å². The topological polar surface area (TPSA) is 37.8 Å². The maximum Gasteiger partial charge on any atom is 0.144 e. The van der Waals surface area contributed by atoms with Crippen molar-refractivity contribution < 1.29 is 0 Å². The molecule has 5 heteroatoms. The van der Waals surface area contributed by atoms with Crippen LogP contribution in [0.3, 0.4) is 0 Å². The summed E-state index contributed by atoms with van der Waals surface area (Å²) in [6.45, 7) is 3.08. The largest absolute Gasteiger partial charge is 0.370 e. The molecule has 0 radical (unpaired) electrons. The highest BCUT2D eigenvalue weighted by Gasteiger charge is 2.23. The molecule has 0 amide bonds. The van der Waals surface area contributed by atoms with E-state index in [1.165, 1.54) is 35.6 Å². The zero-order valence-electron chi connectivity index (χ0n) is 11.4. The van der Waals surface area contributed by atoms with Gasteiger partial charge in [-0.25, -0.2) is 9.97 Å². The van der Waals surface area contributed by atoms with E-state index in [1.807, 2.05) is 23.5 Å². The van der Waals surface area contributed by atoms with Crippen molar-refractivity contribution in [3.05, 3.63) is 17.1 Å². The second-order valence-electron chi connectivity index (χ2n) is 5.03. The van der Waals surface area contributed by atoms with Crippen molar-refractivity contribution in [2.45, 2.75) is 37.9 Å². The van der Waals surface area contributed by atoms with Crippen LogP contribution in [0.2, 0.25) is 0 Å². The van der Waals surface area contributed by atoms with Gasteiger partial charge in [-0.2, -0.15) is 11.8 Å². The summed E-state index contributed by atoms with van der Waals surface area (Å²) >= 11 is 4.05. The summed E-state index contributed by atoms with van der Waals surface area (Å²) in [5.74, 6) is 5.83. The Labute approximate surface area is 123 Å². The SMILES string of the molecule is CCNc1nc(C2CSCCS2)nc2c1CCCC2. The van der Waals surface area contributed by atoms with Crippen molar-refractivity contribution in [2.75, 3.05) is 29.1 Å². The fraction of sp³-hybridized carbons (Fsp3) is 0.714. The molecule has 0 saturated carbocycles. The normalized spacial score (nSPS) is 22.9. The maximum absolute atomic E-state index is 4.89. The molecule has 1 aliphatic carbocycles. The molecule has 19 heavy (non-hydrogen) atoms. The monoisotopic (exact) mass is 295 g/mol. The van der Waals surface area contributed by atoms with Crippen molar-refractivity contribution in [3.63, 3.8) is 0 Å². The number of anilines is 1. The van der Waals surface area contributed by atoms with E-state index in [9.17, 15) is 0 Å². The van der Waals surface area contributed by atoms with Crippen LogP contribution in [-0.2, 0) is 12.8 Å². The zero-order valence-corrected chi connectivity index (χ0v) is 13.1. The van der Waals surface area contributed by atoms with Crippen molar-refractivity contribution in [1.29, 1.82) is 0 Å². The number of rotatable bonds is 3. The second kappa shape index (κ2) is 6.35. The molecule has 1 fully saturated rings. The Morgan fingerprint density at radius 3 is 2.89 bits per heavy atom. The molecule has 3 nitrogen and oxygen atoms in total. The summed E-state index contributed by atoms with van der Waals surface area (Å²) in [6.07, 6.45) is 4.84. The van der Waals surface area contributed by atoms with Crippen LogP contribution in [-0.4, -0.2) is 33.8 Å². The Kier molecular flexibility index (Phi) is 4.53. The van der Waals surface area contributed by atoms with E-state index in [1.54, 1.807) is 0 Å². The molecule has 2 aliphatic rings. The molecule has 1 aliphatic heterocycles. The zero-order chi connectivity index (χ0) is 13.1. The number of aromatic nitrogens is 2. The predicted molar refractivity (Wildman–Crippen MR) is 85.4 cm³/mol. The first-order valence-electron chi connectivity index (χ1n) is 7.21. The third-order valence-corrected chi connectivity index (χ3v) is 6.40. The first-order chi connectivity index (χ1) is 9.38. The maximum atomic E-state index is 4.89. The van der Waals surface area contributed by atoms with Gasteiger partial charge in [0.25, 0.3) is 0 Å². The van der Waals surface area contributed by atoms with Crippen LogP contribution in [0, 0.1) is 0 Å². The highest BCUT2D eigenvalue weighted by molar-refractivity contribution is 8.06. The Hall–Kier alpha value is -0.420. The lowest BCUT2D eigenvalue weighted by atomic mass is 9.96. The van der Waals surface area contributed by atoms with Gasteiger partial charge in [-0.1, -0.05) is 0 Å². The minimum Gasteiger partial charge on any atom is -0.370 e. The average Bonchev–Trinajstić information content (AvgIpc) is 2.48. The Morgan fingerprint density at radius 1 is 1.21 bits per heavy atom. The van der Waals surface area contributed by atoms with Crippen LogP contribution in [0.15, 0.2) is 0 Å². The number of hydrogen-bond donors (Lipinski definition) is 1. The van der Waals surface area contributed by atoms with Gasteiger partial charge in [-0.3, -0.25) is 0 Å². The van der Waals surface area contributed by atoms with Crippen molar-refractivity contribution in [2.24, 2.45) is 0 Å². The van der Waals surface area contributed by atoms with Gasteiger partial charge < -0.3 is 5.32 Å². The quantitative estimate of drug-likeness (QED) is 0.926. The lowest BCUT2D eigenvalue weighted by Gasteiger charge is -2.24. The molecule has 1 unspecified atom stereocenters. The molecule has 1 aromatic rings. The van der Waals surface area contributed by atoms with E-state index in [2.05, 4.69) is 12.2 Å². The summed E-state index contributed by atoms with van der Waals surface area (Å²) in [6, 6.07) is 0. The number of thioether (sulfide) groups is 2. The molecule has 0 spiro atoms. The fourth-order valence-electron chi connectivity index (χ4n) is 2.71. The van der Waals surface area contributed by atoms with Gasteiger partial charge in [0.15, 0.2) is 0 Å². The summed E-state index contributed by atoms with van der Waals surface area (Å²) < 4.78 is 0. The van der Waals surface area contributed by atoms with Gasteiger partial charge in [-0.15, -0.1) is 11.8 Å².